The van der Waals surface area contributed by atoms with Crippen LogP contribution in [0.3, 0.4) is 0 Å². The molecule has 2 aromatic rings. The highest BCUT2D eigenvalue weighted by molar-refractivity contribution is 7.13. The van der Waals surface area contributed by atoms with Gasteiger partial charge in [-0.2, -0.15) is 0 Å². The summed E-state index contributed by atoms with van der Waals surface area (Å²) in [4.78, 5) is 22.0. The number of aryl methyl sites for hydroxylation is 1. The van der Waals surface area contributed by atoms with Gasteiger partial charge in [0.2, 0.25) is 0 Å². The minimum atomic E-state index is -0.207. The molecule has 2 heterocycles. The van der Waals surface area contributed by atoms with E-state index in [0.29, 0.717) is 19.4 Å². The van der Waals surface area contributed by atoms with Gasteiger partial charge in [0.25, 0.3) is 0 Å². The number of carbonyl (C=O) groups excluding carboxylic acids is 1. The molecule has 20 heavy (non-hydrogen) atoms. The van der Waals surface area contributed by atoms with Gasteiger partial charge in [-0.05, 0) is 12.1 Å². The van der Waals surface area contributed by atoms with E-state index in [1.165, 1.54) is 7.11 Å². The molecular formula is C14H17N3O2S. The molecule has 0 aliphatic carbocycles. The number of nitrogens with zero attached hydrogens (tertiary/aromatic N) is 3. The minimum Gasteiger partial charge on any atom is -0.469 e. The molecule has 0 aromatic carbocycles. The number of methoxy groups -OCH3 is 1. The van der Waals surface area contributed by atoms with Crippen molar-refractivity contribution in [2.45, 2.75) is 19.4 Å². The number of esters is 1. The Balaban J connectivity index is 1.92. The predicted molar refractivity (Wildman–Crippen MR) is 78.8 cm³/mol. The molecule has 0 aliphatic heterocycles. The van der Waals surface area contributed by atoms with Crippen LogP contribution in [-0.4, -0.2) is 30.1 Å². The summed E-state index contributed by atoms with van der Waals surface area (Å²) < 4.78 is 4.62. The second kappa shape index (κ2) is 7.00. The number of pyridine rings is 1. The maximum atomic E-state index is 11.1. The zero-order valence-electron chi connectivity index (χ0n) is 11.6. The lowest BCUT2D eigenvalue weighted by Crippen LogP contribution is -2.17. The first kappa shape index (κ1) is 14.5. The number of ether oxygens (including phenoxy) is 1. The van der Waals surface area contributed by atoms with E-state index in [1.807, 2.05) is 30.6 Å². The third-order valence-electron chi connectivity index (χ3n) is 2.80. The lowest BCUT2D eigenvalue weighted by molar-refractivity contribution is -0.140. The van der Waals surface area contributed by atoms with Crippen molar-refractivity contribution in [3.05, 3.63) is 41.2 Å². The molecule has 0 fully saturated rings. The van der Waals surface area contributed by atoms with Crippen LogP contribution in [0.1, 0.15) is 17.8 Å². The minimum absolute atomic E-state index is 0.207. The number of hydrogen-bond donors (Lipinski definition) is 0. The molecule has 106 valence electrons. The van der Waals surface area contributed by atoms with Crippen molar-refractivity contribution in [2.75, 3.05) is 19.1 Å². The van der Waals surface area contributed by atoms with Gasteiger partial charge in [-0.15, -0.1) is 11.3 Å². The highest BCUT2D eigenvalue weighted by atomic mass is 32.1. The van der Waals surface area contributed by atoms with Crippen LogP contribution >= 0.6 is 11.3 Å². The highest BCUT2D eigenvalue weighted by Gasteiger charge is 2.09. The van der Waals surface area contributed by atoms with E-state index in [4.69, 9.17) is 0 Å². The topological polar surface area (TPSA) is 55.3 Å². The zero-order chi connectivity index (χ0) is 14.4. The molecule has 0 radical (unpaired) electrons. The lowest BCUT2D eigenvalue weighted by Gasteiger charge is -2.14. The average Bonchev–Trinajstić information content (AvgIpc) is 2.95. The smallest absolute Gasteiger partial charge is 0.305 e. The summed E-state index contributed by atoms with van der Waals surface area (Å²) >= 11 is 1.57. The summed E-state index contributed by atoms with van der Waals surface area (Å²) in [6.07, 6.45) is 2.76. The molecule has 0 saturated heterocycles. The number of anilines is 1. The Morgan fingerprint density at radius 3 is 2.95 bits per heavy atom. The van der Waals surface area contributed by atoms with Gasteiger partial charge in [0.15, 0.2) is 5.13 Å². The Morgan fingerprint density at radius 2 is 2.25 bits per heavy atom. The fraction of sp³-hybridized carbons (Fsp3) is 0.357. The molecule has 0 bridgehead atoms. The van der Waals surface area contributed by atoms with Crippen molar-refractivity contribution in [3.63, 3.8) is 0 Å². The van der Waals surface area contributed by atoms with Crippen molar-refractivity contribution in [1.29, 1.82) is 0 Å². The molecule has 6 heteroatoms. The van der Waals surface area contributed by atoms with Crippen LogP contribution in [0.4, 0.5) is 5.13 Å². The molecule has 2 rings (SSSR count). The Bertz CT molecular complexity index is 557. The standard InChI is InChI=1S/C14H17N3O2S/c1-17(9-11-5-3-4-8-15-11)14-16-12(10-20-14)6-7-13(18)19-2/h3-5,8,10H,6-7,9H2,1-2H3. The zero-order valence-corrected chi connectivity index (χ0v) is 12.4. The first-order chi connectivity index (χ1) is 9.69. The van der Waals surface area contributed by atoms with Gasteiger partial charge in [0.1, 0.15) is 0 Å². The second-order valence-corrected chi connectivity index (χ2v) is 5.21. The van der Waals surface area contributed by atoms with Crippen LogP contribution in [0.15, 0.2) is 29.8 Å². The third-order valence-corrected chi connectivity index (χ3v) is 3.81. The van der Waals surface area contributed by atoms with Gasteiger partial charge in [0, 0.05) is 25.0 Å². The average molecular weight is 291 g/mol. The largest absolute Gasteiger partial charge is 0.469 e. The van der Waals surface area contributed by atoms with Crippen LogP contribution in [0.2, 0.25) is 0 Å². The van der Waals surface area contributed by atoms with Gasteiger partial charge in [-0.3, -0.25) is 9.78 Å². The summed E-state index contributed by atoms with van der Waals surface area (Å²) in [5, 5.41) is 2.91. The fourth-order valence-corrected chi connectivity index (χ4v) is 2.55. The first-order valence-electron chi connectivity index (χ1n) is 6.31. The summed E-state index contributed by atoms with van der Waals surface area (Å²) in [7, 11) is 3.38. The van der Waals surface area contributed by atoms with Crippen LogP contribution in [0, 0.1) is 0 Å². The second-order valence-electron chi connectivity index (χ2n) is 4.37. The van der Waals surface area contributed by atoms with E-state index < -0.39 is 0 Å². The fourth-order valence-electron chi connectivity index (χ4n) is 1.72. The van der Waals surface area contributed by atoms with E-state index in [0.717, 1.165) is 16.5 Å². The molecule has 0 amide bonds. The normalized spacial score (nSPS) is 10.3. The number of thiazole rings is 1. The molecular weight excluding hydrogens is 274 g/mol. The summed E-state index contributed by atoms with van der Waals surface area (Å²) in [5.41, 5.74) is 1.92. The van der Waals surface area contributed by atoms with Crippen LogP contribution in [-0.2, 0) is 22.5 Å². The van der Waals surface area contributed by atoms with Crippen molar-refractivity contribution >= 4 is 22.4 Å². The Morgan fingerprint density at radius 1 is 1.40 bits per heavy atom. The predicted octanol–water partition coefficient (Wildman–Crippen LogP) is 2.28. The highest BCUT2D eigenvalue weighted by Crippen LogP contribution is 2.21. The van der Waals surface area contributed by atoms with E-state index in [1.54, 1.807) is 17.5 Å². The molecule has 0 saturated carbocycles. The summed E-state index contributed by atoms with van der Waals surface area (Å²) in [5.74, 6) is -0.207. The molecule has 0 aliphatic rings. The van der Waals surface area contributed by atoms with E-state index in [2.05, 4.69) is 19.6 Å². The van der Waals surface area contributed by atoms with Crippen molar-refractivity contribution < 1.29 is 9.53 Å². The van der Waals surface area contributed by atoms with Gasteiger partial charge in [-0.1, -0.05) is 6.07 Å². The lowest BCUT2D eigenvalue weighted by atomic mass is 10.2. The molecule has 5 nitrogen and oxygen atoms in total. The molecule has 0 atom stereocenters. The molecule has 0 N–H and O–H groups in total. The molecule has 0 unspecified atom stereocenters. The van der Waals surface area contributed by atoms with Crippen LogP contribution < -0.4 is 4.90 Å². The maximum Gasteiger partial charge on any atom is 0.305 e. The molecule has 2 aromatic heterocycles. The van der Waals surface area contributed by atoms with Gasteiger partial charge >= 0.3 is 5.97 Å². The van der Waals surface area contributed by atoms with E-state index in [9.17, 15) is 4.79 Å². The quantitative estimate of drug-likeness (QED) is 0.764. The van der Waals surface area contributed by atoms with Crippen LogP contribution in [0.25, 0.3) is 0 Å². The van der Waals surface area contributed by atoms with Crippen molar-refractivity contribution in [2.24, 2.45) is 0 Å². The van der Waals surface area contributed by atoms with E-state index >= 15 is 0 Å². The number of hydrogen-bond acceptors (Lipinski definition) is 6. The van der Waals surface area contributed by atoms with Gasteiger partial charge < -0.3 is 9.64 Å². The third kappa shape index (κ3) is 4.03. The summed E-state index contributed by atoms with van der Waals surface area (Å²) in [6.45, 7) is 0.713. The van der Waals surface area contributed by atoms with E-state index in [-0.39, 0.29) is 5.97 Å². The van der Waals surface area contributed by atoms with Crippen LogP contribution in [0.5, 0.6) is 0 Å². The number of aromatic nitrogens is 2. The Labute approximate surface area is 122 Å². The monoisotopic (exact) mass is 291 g/mol. The van der Waals surface area contributed by atoms with Crippen molar-refractivity contribution in [3.8, 4) is 0 Å². The maximum absolute atomic E-state index is 11.1. The first-order valence-corrected chi connectivity index (χ1v) is 7.19. The van der Waals surface area contributed by atoms with Crippen molar-refractivity contribution in [1.82, 2.24) is 9.97 Å². The number of rotatable bonds is 6. The Hall–Kier alpha value is -1.95. The SMILES string of the molecule is COC(=O)CCc1csc(N(C)Cc2ccccn2)n1. The van der Waals surface area contributed by atoms with Gasteiger partial charge in [-0.25, -0.2) is 4.98 Å². The summed E-state index contributed by atoms with van der Waals surface area (Å²) in [6, 6.07) is 5.86. The Kier molecular flexibility index (Phi) is 5.06. The number of carbonyl (C=O) groups is 1. The van der Waals surface area contributed by atoms with Gasteiger partial charge in [0.05, 0.1) is 31.5 Å². The molecule has 0 spiro atoms.